The number of nitrogens with zero attached hydrogens (tertiary/aromatic N) is 4. The molecule has 1 atom stereocenters. The third kappa shape index (κ3) is 8.16. The summed E-state index contributed by atoms with van der Waals surface area (Å²) in [6.07, 6.45) is 2.26. The van der Waals surface area contributed by atoms with Crippen LogP contribution >= 0.6 is 24.0 Å². The van der Waals surface area contributed by atoms with Gasteiger partial charge >= 0.3 is 0 Å². The van der Waals surface area contributed by atoms with E-state index in [2.05, 4.69) is 30.8 Å². The van der Waals surface area contributed by atoms with Crippen molar-refractivity contribution in [2.24, 2.45) is 4.99 Å². The molecule has 3 rings (SSSR count). The van der Waals surface area contributed by atoms with Crippen LogP contribution in [0, 0.1) is 6.92 Å². The fraction of sp³-hybridized carbons (Fsp3) is 0.364. The highest BCUT2D eigenvalue weighted by Gasteiger charge is 2.10. The van der Waals surface area contributed by atoms with Crippen LogP contribution in [0.2, 0.25) is 0 Å². The van der Waals surface area contributed by atoms with Crippen LogP contribution in [0.1, 0.15) is 25.2 Å². The summed E-state index contributed by atoms with van der Waals surface area (Å²) in [7, 11) is 0. The van der Waals surface area contributed by atoms with E-state index in [4.69, 9.17) is 9.26 Å². The summed E-state index contributed by atoms with van der Waals surface area (Å²) < 4.78 is 11.2. The van der Waals surface area contributed by atoms with Gasteiger partial charge in [0.1, 0.15) is 17.5 Å². The molecule has 1 unspecified atom stereocenters. The van der Waals surface area contributed by atoms with Gasteiger partial charge in [-0.3, -0.25) is 4.98 Å². The van der Waals surface area contributed by atoms with Crippen LogP contribution in [-0.2, 0) is 6.42 Å². The Kier molecular flexibility index (Phi) is 10.2. The average molecular weight is 536 g/mol. The number of benzene rings is 1. The highest BCUT2D eigenvalue weighted by Crippen LogP contribution is 2.14. The Hall–Kier alpha value is -2.69. The molecule has 31 heavy (non-hydrogen) atoms. The first-order chi connectivity index (χ1) is 14.6. The number of aryl methyl sites for hydroxylation is 1. The number of aromatic nitrogens is 3. The topological polar surface area (TPSA) is 97.5 Å². The first-order valence-corrected chi connectivity index (χ1v) is 10.1. The lowest BCUT2D eigenvalue weighted by Gasteiger charge is -2.15. The largest absolute Gasteiger partial charge is 0.489 e. The summed E-state index contributed by atoms with van der Waals surface area (Å²) in [6, 6.07) is 13.6. The summed E-state index contributed by atoms with van der Waals surface area (Å²) in [6.45, 7) is 8.02. The van der Waals surface area contributed by atoms with Crippen LogP contribution in [0.4, 0.5) is 0 Å². The van der Waals surface area contributed by atoms with E-state index >= 15 is 0 Å². The molecule has 0 saturated carbocycles. The highest BCUT2D eigenvalue weighted by atomic mass is 127. The van der Waals surface area contributed by atoms with E-state index in [0.29, 0.717) is 36.9 Å². The van der Waals surface area contributed by atoms with Crippen LogP contribution < -0.4 is 15.4 Å². The van der Waals surface area contributed by atoms with Gasteiger partial charge in [0, 0.05) is 25.7 Å². The molecule has 0 fully saturated rings. The Labute approximate surface area is 199 Å². The number of halogens is 1. The zero-order valence-corrected chi connectivity index (χ0v) is 20.4. The average Bonchev–Trinajstić information content (AvgIpc) is 3.22. The maximum Gasteiger partial charge on any atom is 0.276 e. The van der Waals surface area contributed by atoms with Crippen molar-refractivity contribution in [3.05, 3.63) is 60.0 Å². The van der Waals surface area contributed by atoms with Crippen LogP contribution in [0.25, 0.3) is 11.6 Å². The van der Waals surface area contributed by atoms with E-state index in [1.54, 1.807) is 6.20 Å². The predicted octanol–water partition coefficient (Wildman–Crippen LogP) is 3.62. The van der Waals surface area contributed by atoms with E-state index in [1.807, 2.05) is 63.2 Å². The fourth-order valence-corrected chi connectivity index (χ4v) is 2.76. The highest BCUT2D eigenvalue weighted by molar-refractivity contribution is 14.0. The molecule has 0 bridgehead atoms. The lowest BCUT2D eigenvalue weighted by atomic mass is 10.2. The molecule has 2 N–H and O–H groups in total. The van der Waals surface area contributed by atoms with Crippen molar-refractivity contribution < 1.29 is 9.26 Å². The van der Waals surface area contributed by atoms with Crippen LogP contribution in [0.5, 0.6) is 5.75 Å². The van der Waals surface area contributed by atoms with Crippen molar-refractivity contribution in [3.63, 3.8) is 0 Å². The first kappa shape index (κ1) is 24.6. The maximum absolute atomic E-state index is 5.94. The zero-order valence-electron chi connectivity index (χ0n) is 18.0. The molecule has 0 aliphatic carbocycles. The van der Waals surface area contributed by atoms with Gasteiger partial charge in [0.2, 0.25) is 0 Å². The van der Waals surface area contributed by atoms with Gasteiger partial charge in [-0.05, 0) is 50.6 Å². The van der Waals surface area contributed by atoms with Gasteiger partial charge in [0.05, 0.1) is 6.54 Å². The molecule has 2 aromatic heterocycles. The SMILES string of the molecule is CCNC(=NCC(C)Oc1cccc(C)c1)NCCc1noc(-c2ccccn2)n1.I. The molecular weight excluding hydrogens is 507 g/mol. The number of pyridine rings is 1. The molecule has 166 valence electrons. The lowest BCUT2D eigenvalue weighted by Crippen LogP contribution is -2.39. The second kappa shape index (κ2) is 12.9. The minimum absolute atomic E-state index is 0. The third-order valence-electron chi connectivity index (χ3n) is 4.17. The van der Waals surface area contributed by atoms with E-state index in [1.165, 1.54) is 5.56 Å². The number of guanidine groups is 1. The standard InChI is InChI=1S/C22H28N6O2.HI/c1-4-23-22(26-15-17(3)29-18-9-7-8-16(2)14-18)25-13-11-20-27-21(30-28-20)19-10-5-6-12-24-19;/h5-10,12,14,17H,4,11,13,15H2,1-3H3,(H2,23,25,26);1H. The monoisotopic (exact) mass is 536 g/mol. The number of ether oxygens (including phenoxy) is 1. The minimum Gasteiger partial charge on any atom is -0.489 e. The van der Waals surface area contributed by atoms with Crippen LogP contribution in [0.3, 0.4) is 0 Å². The second-order valence-corrected chi connectivity index (χ2v) is 6.87. The van der Waals surface area contributed by atoms with Gasteiger partial charge in [0.25, 0.3) is 5.89 Å². The van der Waals surface area contributed by atoms with Gasteiger partial charge in [-0.15, -0.1) is 24.0 Å². The number of hydrogen-bond donors (Lipinski definition) is 2. The molecule has 0 aliphatic rings. The van der Waals surface area contributed by atoms with Crippen molar-refractivity contribution in [1.82, 2.24) is 25.8 Å². The van der Waals surface area contributed by atoms with Gasteiger partial charge < -0.3 is 19.9 Å². The van der Waals surface area contributed by atoms with Crippen molar-refractivity contribution in [1.29, 1.82) is 0 Å². The van der Waals surface area contributed by atoms with Crippen molar-refractivity contribution in [3.8, 4) is 17.3 Å². The Bertz CT molecular complexity index is 948. The van der Waals surface area contributed by atoms with E-state index < -0.39 is 0 Å². The van der Waals surface area contributed by atoms with Gasteiger partial charge in [-0.2, -0.15) is 4.98 Å². The smallest absolute Gasteiger partial charge is 0.276 e. The van der Waals surface area contributed by atoms with E-state index in [0.717, 1.165) is 18.3 Å². The minimum atomic E-state index is -0.0413. The Morgan fingerprint density at radius 3 is 2.81 bits per heavy atom. The molecule has 0 amide bonds. The Balaban J connectivity index is 0.00000341. The second-order valence-electron chi connectivity index (χ2n) is 6.87. The summed E-state index contributed by atoms with van der Waals surface area (Å²) >= 11 is 0. The third-order valence-corrected chi connectivity index (χ3v) is 4.17. The van der Waals surface area contributed by atoms with Gasteiger partial charge in [-0.25, -0.2) is 4.99 Å². The van der Waals surface area contributed by atoms with Crippen molar-refractivity contribution in [2.45, 2.75) is 33.3 Å². The number of hydrogen-bond acceptors (Lipinski definition) is 6. The quantitative estimate of drug-likeness (QED) is 0.245. The molecule has 9 heteroatoms. The van der Waals surface area contributed by atoms with Gasteiger partial charge in [-0.1, -0.05) is 23.4 Å². The molecule has 0 radical (unpaired) electrons. The van der Waals surface area contributed by atoms with E-state index in [-0.39, 0.29) is 30.1 Å². The van der Waals surface area contributed by atoms with Crippen LogP contribution in [-0.4, -0.2) is 46.8 Å². The van der Waals surface area contributed by atoms with Crippen molar-refractivity contribution >= 4 is 29.9 Å². The number of nitrogens with one attached hydrogen (secondary N) is 2. The molecule has 1 aromatic carbocycles. The number of rotatable bonds is 9. The fourth-order valence-electron chi connectivity index (χ4n) is 2.76. The maximum atomic E-state index is 5.94. The Morgan fingerprint density at radius 1 is 1.19 bits per heavy atom. The summed E-state index contributed by atoms with van der Waals surface area (Å²) in [5.41, 5.74) is 1.84. The van der Waals surface area contributed by atoms with Gasteiger partial charge in [0.15, 0.2) is 11.8 Å². The molecule has 2 heterocycles. The molecule has 8 nitrogen and oxygen atoms in total. The molecule has 0 spiro atoms. The molecule has 3 aromatic rings. The normalized spacial score (nSPS) is 12.0. The number of aliphatic imine (C=N–C) groups is 1. The summed E-state index contributed by atoms with van der Waals surface area (Å²) in [5.74, 6) is 2.63. The first-order valence-electron chi connectivity index (χ1n) is 10.1. The molecule has 0 aliphatic heterocycles. The lowest BCUT2D eigenvalue weighted by molar-refractivity contribution is 0.230. The van der Waals surface area contributed by atoms with Crippen LogP contribution in [0.15, 0.2) is 58.2 Å². The Morgan fingerprint density at radius 2 is 2.06 bits per heavy atom. The predicted molar refractivity (Wildman–Crippen MR) is 132 cm³/mol. The van der Waals surface area contributed by atoms with E-state index in [9.17, 15) is 0 Å². The molecule has 0 saturated heterocycles. The van der Waals surface area contributed by atoms with Crippen molar-refractivity contribution in [2.75, 3.05) is 19.6 Å². The summed E-state index contributed by atoms with van der Waals surface area (Å²) in [4.78, 5) is 13.2. The molecular formula is C22H29IN6O2. The summed E-state index contributed by atoms with van der Waals surface area (Å²) in [5, 5.41) is 10.5. The zero-order chi connectivity index (χ0) is 21.2.